The topological polar surface area (TPSA) is 36.9 Å². The molecular formula is C90H102O4. The summed E-state index contributed by atoms with van der Waals surface area (Å²) in [5.74, 6) is 3.53. The zero-order valence-electron chi connectivity index (χ0n) is 57.1. The van der Waals surface area contributed by atoms with Crippen LogP contribution in [0.25, 0.3) is 113 Å². The van der Waals surface area contributed by atoms with Gasteiger partial charge in [0.25, 0.3) is 0 Å². The average Bonchev–Trinajstić information content (AvgIpc) is 0.751. The SMILES string of the molecule is CCCCCCCCOc1cc(C=Cc2ccc3ccc4cccc5ccc2c3c45)c(OCCCCCCCC)cc1C=Cc1ccc(C=Cc2cc(OCCCCCCCC)c(C=Cc3ccc4ccc5cccc6ccc3c4c56)cc2OCCCCCCCC)cc1. The van der Waals surface area contributed by atoms with Gasteiger partial charge in [-0.25, -0.2) is 0 Å². The van der Waals surface area contributed by atoms with E-state index in [0.29, 0.717) is 26.4 Å². The lowest BCUT2D eigenvalue weighted by atomic mass is 9.92. The molecule has 11 aromatic rings. The third kappa shape index (κ3) is 17.7. The van der Waals surface area contributed by atoms with Crippen LogP contribution in [-0.4, -0.2) is 26.4 Å². The van der Waals surface area contributed by atoms with E-state index in [1.807, 2.05) is 0 Å². The molecular weight excluding hydrogens is 1140 g/mol. The highest BCUT2D eigenvalue weighted by molar-refractivity contribution is 6.25. The molecule has 0 saturated heterocycles. The van der Waals surface area contributed by atoms with E-state index in [2.05, 4.69) is 234 Å². The van der Waals surface area contributed by atoms with E-state index in [4.69, 9.17) is 18.9 Å². The van der Waals surface area contributed by atoms with E-state index < -0.39 is 0 Å². The zero-order valence-corrected chi connectivity index (χ0v) is 57.1. The quantitative estimate of drug-likeness (QED) is 0.0218. The number of unbranched alkanes of at least 4 members (excludes halogenated alkanes) is 20. The molecule has 0 bridgehead atoms. The lowest BCUT2D eigenvalue weighted by Crippen LogP contribution is -2.03. The Balaban J connectivity index is 0.881. The van der Waals surface area contributed by atoms with E-state index in [9.17, 15) is 0 Å². The van der Waals surface area contributed by atoms with Crippen LogP contribution in [0.4, 0.5) is 0 Å². The second-order valence-corrected chi connectivity index (χ2v) is 26.3. The maximum Gasteiger partial charge on any atom is 0.127 e. The second kappa shape index (κ2) is 35.2. The van der Waals surface area contributed by atoms with Gasteiger partial charge in [0.2, 0.25) is 0 Å². The van der Waals surface area contributed by atoms with Gasteiger partial charge in [-0.3, -0.25) is 0 Å². The molecule has 0 saturated carbocycles. The third-order valence-electron chi connectivity index (χ3n) is 19.2. The van der Waals surface area contributed by atoms with Gasteiger partial charge in [-0.15, -0.1) is 0 Å². The fourth-order valence-electron chi connectivity index (χ4n) is 13.7. The third-order valence-corrected chi connectivity index (χ3v) is 19.2. The smallest absolute Gasteiger partial charge is 0.127 e. The first kappa shape index (κ1) is 67.1. The monoisotopic (exact) mass is 1250 g/mol. The van der Waals surface area contributed by atoms with Crippen molar-refractivity contribution in [1.82, 2.24) is 0 Å². The van der Waals surface area contributed by atoms with Crippen molar-refractivity contribution in [3.63, 3.8) is 0 Å². The van der Waals surface area contributed by atoms with Crippen LogP contribution >= 0.6 is 0 Å². The van der Waals surface area contributed by atoms with Crippen molar-refractivity contribution in [3.05, 3.63) is 202 Å². The van der Waals surface area contributed by atoms with Crippen LogP contribution in [-0.2, 0) is 0 Å². The van der Waals surface area contributed by atoms with Crippen LogP contribution in [0.15, 0.2) is 158 Å². The average molecular weight is 1250 g/mol. The highest BCUT2D eigenvalue weighted by Gasteiger charge is 2.16. The molecule has 0 unspecified atom stereocenters. The molecule has 0 aromatic heterocycles. The molecule has 0 aliphatic rings. The first-order chi connectivity index (χ1) is 46.5. The molecule has 4 heteroatoms. The largest absolute Gasteiger partial charge is 0.493 e. The standard InChI is InChI=1S/C90H102O4/c1-5-9-13-17-21-25-59-91-83-65-79(53-45-69-43-47-75-51-49-71-31-29-33-73-55-57-81(69)89(75)87(71)73)85(93-61-27-23-19-15-11-7-3)63-77(83)41-39-67-35-37-68(38-36-67)40-42-78-64-86(94-62-28-24-20-16-12-8-4)80(66-84(78)92-60-26-22-18-14-10-6-2)54-46-70-44-48-76-52-50-72-32-30-34-74-56-58-82(70)90(76)88(72)74/h29-58,63-66H,5-28,59-62H2,1-4H3. The summed E-state index contributed by atoms with van der Waals surface area (Å²) in [7, 11) is 0. The fourth-order valence-corrected chi connectivity index (χ4v) is 13.7. The van der Waals surface area contributed by atoms with Crippen molar-refractivity contribution in [1.29, 1.82) is 0 Å². The van der Waals surface area contributed by atoms with Crippen molar-refractivity contribution in [2.24, 2.45) is 0 Å². The Morgan fingerprint density at radius 1 is 0.223 bits per heavy atom. The van der Waals surface area contributed by atoms with Gasteiger partial charge in [0, 0.05) is 22.3 Å². The van der Waals surface area contributed by atoms with E-state index in [-0.39, 0.29) is 0 Å². The Bertz CT molecular complexity index is 3960. The van der Waals surface area contributed by atoms with Gasteiger partial charge >= 0.3 is 0 Å². The molecule has 486 valence electrons. The first-order valence-corrected chi connectivity index (χ1v) is 36.5. The Kier molecular flexibility index (Phi) is 25.2. The Morgan fingerprint density at radius 3 is 0.777 bits per heavy atom. The molecule has 0 fully saturated rings. The van der Waals surface area contributed by atoms with E-state index in [1.54, 1.807) is 0 Å². The summed E-state index contributed by atoms with van der Waals surface area (Å²) in [6.07, 6.45) is 46.9. The molecule has 0 atom stereocenters. The van der Waals surface area contributed by atoms with Crippen LogP contribution in [0, 0.1) is 0 Å². The molecule has 0 N–H and O–H groups in total. The van der Waals surface area contributed by atoms with Gasteiger partial charge < -0.3 is 18.9 Å². The molecule has 0 aliphatic carbocycles. The summed E-state index contributed by atoms with van der Waals surface area (Å²) < 4.78 is 27.3. The number of ether oxygens (including phenoxy) is 4. The van der Waals surface area contributed by atoms with Gasteiger partial charge in [-0.1, -0.05) is 338 Å². The number of hydrogen-bond donors (Lipinski definition) is 0. The summed E-state index contributed by atoms with van der Waals surface area (Å²) >= 11 is 0. The Morgan fingerprint density at radius 2 is 0.468 bits per heavy atom. The van der Waals surface area contributed by atoms with Crippen LogP contribution in [0.3, 0.4) is 0 Å². The lowest BCUT2D eigenvalue weighted by Gasteiger charge is -2.16. The minimum absolute atomic E-state index is 0.671. The normalized spacial score (nSPS) is 12.2. The Labute approximate surface area is 562 Å². The maximum atomic E-state index is 6.82. The van der Waals surface area contributed by atoms with E-state index >= 15 is 0 Å². The van der Waals surface area contributed by atoms with E-state index in [0.717, 1.165) is 82.1 Å². The lowest BCUT2D eigenvalue weighted by molar-refractivity contribution is 0.295. The molecule has 0 amide bonds. The molecule has 0 aliphatic heterocycles. The molecule has 94 heavy (non-hydrogen) atoms. The van der Waals surface area contributed by atoms with Crippen molar-refractivity contribution in [2.75, 3.05) is 26.4 Å². The minimum Gasteiger partial charge on any atom is -0.493 e. The molecule has 11 rings (SSSR count). The molecule has 11 aromatic carbocycles. The summed E-state index contributed by atoms with van der Waals surface area (Å²) in [5.41, 5.74) is 8.70. The van der Waals surface area contributed by atoms with E-state index in [1.165, 1.54) is 204 Å². The maximum absolute atomic E-state index is 6.82. The van der Waals surface area contributed by atoms with Gasteiger partial charge in [0.15, 0.2) is 0 Å². The van der Waals surface area contributed by atoms with Crippen molar-refractivity contribution in [3.8, 4) is 23.0 Å². The molecule has 4 nitrogen and oxygen atoms in total. The summed E-state index contributed by atoms with van der Waals surface area (Å²) in [6.45, 7) is 11.8. The second-order valence-electron chi connectivity index (χ2n) is 26.3. The van der Waals surface area contributed by atoms with Gasteiger partial charge in [-0.05, 0) is 137 Å². The Hall–Kier alpha value is -8.34. The zero-order chi connectivity index (χ0) is 64.5. The highest BCUT2D eigenvalue weighted by atomic mass is 16.5. The summed E-state index contributed by atoms with van der Waals surface area (Å²) in [5, 5.41) is 15.5. The summed E-state index contributed by atoms with van der Waals surface area (Å²) in [6, 6.07) is 58.3. The van der Waals surface area contributed by atoms with Crippen LogP contribution in [0.2, 0.25) is 0 Å². The van der Waals surface area contributed by atoms with Gasteiger partial charge in [0.05, 0.1) is 26.4 Å². The van der Waals surface area contributed by atoms with Gasteiger partial charge in [0.1, 0.15) is 23.0 Å². The van der Waals surface area contributed by atoms with Crippen molar-refractivity contribution in [2.45, 2.75) is 182 Å². The minimum atomic E-state index is 0.671. The number of rotatable bonds is 40. The molecule has 0 heterocycles. The van der Waals surface area contributed by atoms with Crippen LogP contribution in [0.5, 0.6) is 23.0 Å². The molecule has 0 radical (unpaired) electrons. The predicted octanol–water partition coefficient (Wildman–Crippen LogP) is 27.1. The van der Waals surface area contributed by atoms with Crippen molar-refractivity contribution < 1.29 is 18.9 Å². The fraction of sp³-hybridized carbons (Fsp3) is 0.356. The first-order valence-electron chi connectivity index (χ1n) is 36.5. The van der Waals surface area contributed by atoms with Crippen LogP contribution < -0.4 is 18.9 Å². The van der Waals surface area contributed by atoms with Crippen LogP contribution in [0.1, 0.15) is 226 Å². The molecule has 0 spiro atoms. The van der Waals surface area contributed by atoms with Gasteiger partial charge in [-0.2, -0.15) is 0 Å². The number of hydrogen-bond acceptors (Lipinski definition) is 4. The summed E-state index contributed by atoms with van der Waals surface area (Å²) in [4.78, 5) is 0. The highest BCUT2D eigenvalue weighted by Crippen LogP contribution is 2.41. The number of benzene rings is 11. The van der Waals surface area contributed by atoms with Crippen molar-refractivity contribution >= 4 is 113 Å². The predicted molar refractivity (Wildman–Crippen MR) is 411 cm³/mol.